The smallest absolute Gasteiger partial charge is 0.282 e. The number of hydrogen-bond acceptors (Lipinski definition) is 7. The molecule has 0 saturated carbocycles. The Morgan fingerprint density at radius 2 is 1.66 bits per heavy atom. The summed E-state index contributed by atoms with van der Waals surface area (Å²) in [5, 5.41) is 0.872. The molecule has 4 fully saturated rings. The zero-order valence-corrected chi connectivity index (χ0v) is 30.7. The van der Waals surface area contributed by atoms with Gasteiger partial charge in [-0.2, -0.15) is 4.98 Å². The quantitative estimate of drug-likeness (QED) is 0.207. The van der Waals surface area contributed by atoms with E-state index in [1.54, 1.807) is 6.07 Å². The molecular formula is C41H42ClF2N5O4. The highest BCUT2D eigenvalue weighted by Gasteiger charge is 2.47. The molecular weight excluding hydrogens is 700 g/mol. The van der Waals surface area contributed by atoms with Crippen LogP contribution in [0.1, 0.15) is 81.7 Å². The number of imide groups is 1. The Morgan fingerprint density at radius 3 is 2.34 bits per heavy atom. The lowest BCUT2D eigenvalue weighted by molar-refractivity contribution is -0.129. The number of fused-ring (bicyclic) bond motifs is 5. The number of rotatable bonds is 5. The molecule has 5 aliphatic heterocycles. The first-order valence-electron chi connectivity index (χ1n) is 18.8. The highest BCUT2D eigenvalue weighted by molar-refractivity contribution is 6.35. The second-order valence-corrected chi connectivity index (χ2v) is 16.6. The summed E-state index contributed by atoms with van der Waals surface area (Å²) >= 11 is 6.49. The van der Waals surface area contributed by atoms with Crippen molar-refractivity contribution in [3.63, 3.8) is 0 Å². The molecule has 4 saturated heterocycles. The fraction of sp³-hybridized carbons (Fsp3) is 0.463. The average molecular weight is 742 g/mol. The van der Waals surface area contributed by atoms with E-state index in [2.05, 4.69) is 46.5 Å². The van der Waals surface area contributed by atoms with Gasteiger partial charge in [0.25, 0.3) is 5.56 Å². The van der Waals surface area contributed by atoms with Gasteiger partial charge in [-0.3, -0.25) is 19.0 Å². The molecule has 9 nitrogen and oxygen atoms in total. The Hall–Kier alpha value is -4.19. The number of nitrogens with zero attached hydrogens (tertiary/aromatic N) is 5. The van der Waals surface area contributed by atoms with Gasteiger partial charge in [0.2, 0.25) is 11.8 Å². The minimum absolute atomic E-state index is 0.0971. The minimum Gasteiger partial charge on any atom is -0.371 e. The first-order chi connectivity index (χ1) is 25.4. The minimum atomic E-state index is -0.905. The number of likely N-dealkylation sites (tertiary alicyclic amines) is 1. The lowest BCUT2D eigenvalue weighted by atomic mass is 9.81. The lowest BCUT2D eigenvalue weighted by Crippen LogP contribution is -2.65. The largest absolute Gasteiger partial charge is 0.371 e. The third kappa shape index (κ3) is 5.69. The normalized spacial score (nSPS) is 22.7. The van der Waals surface area contributed by atoms with Gasteiger partial charge in [-0.25, -0.2) is 13.7 Å². The van der Waals surface area contributed by atoms with Crippen LogP contribution in [0.25, 0.3) is 16.6 Å². The Kier molecular flexibility index (Phi) is 8.29. The second kappa shape index (κ2) is 12.7. The van der Waals surface area contributed by atoms with Gasteiger partial charge in [-0.1, -0.05) is 29.8 Å². The van der Waals surface area contributed by atoms with Gasteiger partial charge in [0, 0.05) is 38.2 Å². The zero-order chi connectivity index (χ0) is 36.8. The highest BCUT2D eigenvalue weighted by Crippen LogP contribution is 2.45. The van der Waals surface area contributed by atoms with Crippen LogP contribution in [0.2, 0.25) is 5.02 Å². The van der Waals surface area contributed by atoms with E-state index >= 15 is 8.78 Å². The Bertz CT molecular complexity index is 2190. The molecule has 53 heavy (non-hydrogen) atoms. The number of hydrogen-bond donors (Lipinski definition) is 0. The Balaban J connectivity index is 0.806. The van der Waals surface area contributed by atoms with Crippen molar-refractivity contribution in [2.45, 2.75) is 75.7 Å². The molecule has 2 amide bonds. The number of aromatic nitrogens is 2. The van der Waals surface area contributed by atoms with Crippen molar-refractivity contribution in [3.8, 4) is 5.69 Å². The predicted molar refractivity (Wildman–Crippen MR) is 199 cm³/mol. The Labute approximate surface area is 311 Å². The number of anilines is 2. The molecule has 0 aliphatic carbocycles. The van der Waals surface area contributed by atoms with E-state index in [4.69, 9.17) is 16.3 Å². The van der Waals surface area contributed by atoms with Crippen LogP contribution in [0.5, 0.6) is 0 Å². The van der Waals surface area contributed by atoms with Crippen molar-refractivity contribution in [2.24, 2.45) is 5.92 Å². The van der Waals surface area contributed by atoms with Crippen LogP contribution >= 0.6 is 11.6 Å². The molecule has 1 unspecified atom stereocenters. The molecule has 1 atom stereocenters. The summed E-state index contributed by atoms with van der Waals surface area (Å²) in [5.74, 6) is -1.35. The summed E-state index contributed by atoms with van der Waals surface area (Å²) in [6.07, 6.45) is 4.63. The van der Waals surface area contributed by atoms with Gasteiger partial charge in [-0.15, -0.1) is 0 Å². The Morgan fingerprint density at radius 1 is 0.943 bits per heavy atom. The van der Waals surface area contributed by atoms with E-state index < -0.39 is 34.6 Å². The maximum absolute atomic E-state index is 15.1. The van der Waals surface area contributed by atoms with Crippen molar-refractivity contribution in [2.75, 3.05) is 49.1 Å². The van der Waals surface area contributed by atoms with E-state index in [9.17, 15) is 14.4 Å². The number of halogens is 3. The van der Waals surface area contributed by atoms with Gasteiger partial charge >= 0.3 is 0 Å². The van der Waals surface area contributed by atoms with Crippen LogP contribution in [-0.4, -0.2) is 71.2 Å². The van der Waals surface area contributed by atoms with E-state index in [-0.39, 0.29) is 24.0 Å². The molecule has 4 aromatic rings. The van der Waals surface area contributed by atoms with Crippen molar-refractivity contribution < 1.29 is 23.1 Å². The van der Waals surface area contributed by atoms with E-state index in [1.807, 2.05) is 17.0 Å². The molecule has 3 aromatic carbocycles. The number of carbonyl (C=O) groups excluding carboxylic acids is 2. The summed E-state index contributed by atoms with van der Waals surface area (Å²) in [7, 11) is 0. The highest BCUT2D eigenvalue weighted by atomic mass is 35.5. The van der Waals surface area contributed by atoms with E-state index in [0.717, 1.165) is 67.9 Å². The molecule has 5 aliphatic rings. The monoisotopic (exact) mass is 741 g/mol. The summed E-state index contributed by atoms with van der Waals surface area (Å²) in [6, 6.07) is 14.8. The third-order valence-electron chi connectivity index (χ3n) is 12.4. The molecule has 276 valence electrons. The van der Waals surface area contributed by atoms with Crippen molar-refractivity contribution >= 4 is 45.7 Å². The van der Waals surface area contributed by atoms with Gasteiger partial charge in [-0.05, 0) is 112 Å². The fourth-order valence-corrected chi connectivity index (χ4v) is 9.68. The molecule has 6 heterocycles. The standard InChI is InChI=1S/C41H42ClF2N5O4/c1-40(2)28-10-9-26(17-33(28)48-32-6-3-5-29(42)36(32)38(52)45-39(40)48)25-12-15-46(16-13-25)20-24-11-14-41(53-21-24)22-47(23-41)27-18-30(43)37(31(44)19-27)49-34(50)7-4-8-35(49)51/h3,5-6,9-10,17-19,24-25H,4,7-8,11-16,20-23H2,1-2H3. The number of piperidine rings is 2. The number of benzene rings is 3. The molecule has 1 spiro atoms. The SMILES string of the molecule is CC1(C)c2ccc(C3CCN(CC4CCC5(CN(c6cc(F)c(N7C(=O)CCCC7=O)c(F)c6)C5)OC4)CC3)cc2-n2c1nc(=O)c1c(Cl)cccc12. The second-order valence-electron chi connectivity index (χ2n) is 16.2. The van der Waals surface area contributed by atoms with Crippen LogP contribution in [0, 0.1) is 17.6 Å². The van der Waals surface area contributed by atoms with Crippen LogP contribution in [0.15, 0.2) is 53.3 Å². The lowest BCUT2D eigenvalue weighted by Gasteiger charge is -2.54. The van der Waals surface area contributed by atoms with Crippen LogP contribution < -0.4 is 15.4 Å². The molecule has 0 N–H and O–H groups in total. The van der Waals surface area contributed by atoms with Gasteiger partial charge in [0.1, 0.15) is 17.1 Å². The van der Waals surface area contributed by atoms with Crippen molar-refractivity contribution in [1.29, 1.82) is 0 Å². The van der Waals surface area contributed by atoms with Crippen molar-refractivity contribution in [1.82, 2.24) is 14.5 Å². The van der Waals surface area contributed by atoms with Crippen LogP contribution in [0.3, 0.4) is 0 Å². The predicted octanol–water partition coefficient (Wildman–Crippen LogP) is 6.87. The third-order valence-corrected chi connectivity index (χ3v) is 12.7. The average Bonchev–Trinajstić information content (AvgIpc) is 3.34. The summed E-state index contributed by atoms with van der Waals surface area (Å²) in [5.41, 5.74) is 3.12. The van der Waals surface area contributed by atoms with Gasteiger partial charge in [0.15, 0.2) is 11.6 Å². The molecule has 12 heteroatoms. The topological polar surface area (TPSA) is 88.0 Å². The van der Waals surface area contributed by atoms with Crippen LogP contribution in [0.4, 0.5) is 20.2 Å². The van der Waals surface area contributed by atoms with Gasteiger partial charge in [0.05, 0.1) is 33.6 Å². The number of carbonyl (C=O) groups is 2. The maximum Gasteiger partial charge on any atom is 0.282 e. The van der Waals surface area contributed by atoms with Gasteiger partial charge < -0.3 is 14.5 Å². The molecule has 0 bridgehead atoms. The number of ether oxygens (including phenoxy) is 1. The zero-order valence-electron chi connectivity index (χ0n) is 30.0. The summed E-state index contributed by atoms with van der Waals surface area (Å²) in [6.45, 7) is 8.98. The molecule has 9 rings (SSSR count). The van der Waals surface area contributed by atoms with Crippen molar-refractivity contribution in [3.05, 3.63) is 92.5 Å². The summed E-state index contributed by atoms with van der Waals surface area (Å²) < 4.78 is 38.8. The van der Waals surface area contributed by atoms with Crippen LogP contribution in [-0.2, 0) is 19.7 Å². The summed E-state index contributed by atoms with van der Waals surface area (Å²) in [4.78, 5) is 47.3. The fourth-order valence-electron chi connectivity index (χ4n) is 9.43. The van der Waals surface area contributed by atoms with E-state index in [1.165, 1.54) is 17.7 Å². The molecule has 0 radical (unpaired) electrons. The maximum atomic E-state index is 15.1. The van der Waals surface area contributed by atoms with E-state index in [0.29, 0.717) is 58.9 Å². The number of amides is 2. The first kappa shape index (κ1) is 34.6. The molecule has 1 aromatic heterocycles. The first-order valence-corrected chi connectivity index (χ1v) is 19.1.